The Morgan fingerprint density at radius 1 is 1.00 bits per heavy atom. The summed E-state index contributed by atoms with van der Waals surface area (Å²) < 4.78 is 10.6. The molecule has 0 aromatic rings. The Hall–Kier alpha value is -2.65. The van der Waals surface area contributed by atoms with Crippen LogP contribution in [0.2, 0.25) is 0 Å². The van der Waals surface area contributed by atoms with Gasteiger partial charge in [-0.3, -0.25) is 19.2 Å². The molecule has 2 rings (SSSR count). The van der Waals surface area contributed by atoms with Crippen molar-refractivity contribution in [2.45, 2.75) is 90.5 Å². The minimum Gasteiger partial charge on any atom is -0.460 e. The third-order valence-electron chi connectivity index (χ3n) is 4.98. The lowest BCUT2D eigenvalue weighted by Gasteiger charge is -2.30. The van der Waals surface area contributed by atoms with Crippen molar-refractivity contribution in [2.24, 2.45) is 11.7 Å². The van der Waals surface area contributed by atoms with Gasteiger partial charge in [-0.2, -0.15) is 0 Å². The first-order chi connectivity index (χ1) is 14.1. The van der Waals surface area contributed by atoms with E-state index in [1.165, 1.54) is 4.90 Å². The van der Waals surface area contributed by atoms with E-state index in [-0.39, 0.29) is 12.8 Å². The highest BCUT2D eigenvalue weighted by atomic mass is 16.6. The van der Waals surface area contributed by atoms with E-state index < -0.39 is 59.0 Å². The molecule has 0 saturated carbocycles. The van der Waals surface area contributed by atoms with Gasteiger partial charge >= 0.3 is 12.1 Å². The molecule has 2 aliphatic heterocycles. The summed E-state index contributed by atoms with van der Waals surface area (Å²) in [5.41, 5.74) is 3.79. The molecule has 0 spiro atoms. The molecular weight excluding hydrogens is 406 g/mol. The maximum atomic E-state index is 13.2. The average Bonchev–Trinajstić information content (AvgIpc) is 3.16. The van der Waals surface area contributed by atoms with Gasteiger partial charge in [-0.15, -0.1) is 0 Å². The van der Waals surface area contributed by atoms with Crippen LogP contribution < -0.4 is 5.73 Å². The second-order valence-electron chi connectivity index (χ2n) is 10.0. The number of carbonyl (C=O) groups is 5. The van der Waals surface area contributed by atoms with Crippen molar-refractivity contribution in [1.82, 2.24) is 9.80 Å². The van der Waals surface area contributed by atoms with Crippen LogP contribution in [0.25, 0.3) is 0 Å². The largest absolute Gasteiger partial charge is 0.460 e. The summed E-state index contributed by atoms with van der Waals surface area (Å²) in [7, 11) is 0. The van der Waals surface area contributed by atoms with Crippen LogP contribution >= 0.6 is 0 Å². The van der Waals surface area contributed by atoms with Crippen molar-refractivity contribution in [3.63, 3.8) is 0 Å². The normalized spacial score (nSPS) is 24.3. The van der Waals surface area contributed by atoms with Gasteiger partial charge in [-0.1, -0.05) is 0 Å². The van der Waals surface area contributed by atoms with Gasteiger partial charge < -0.3 is 20.1 Å². The molecule has 2 heterocycles. The number of hydrogen-bond donors (Lipinski definition) is 1. The van der Waals surface area contributed by atoms with Crippen molar-refractivity contribution in [3.8, 4) is 0 Å². The van der Waals surface area contributed by atoms with Crippen LogP contribution in [0.15, 0.2) is 0 Å². The summed E-state index contributed by atoms with van der Waals surface area (Å²) in [6.07, 6.45) is -0.266. The fraction of sp³-hybridized carbons (Fsp3) is 0.762. The number of imide groups is 1. The maximum absolute atomic E-state index is 13.2. The third kappa shape index (κ3) is 6.18. The van der Waals surface area contributed by atoms with E-state index in [9.17, 15) is 24.0 Å². The Morgan fingerprint density at radius 3 is 2.10 bits per heavy atom. The second kappa shape index (κ2) is 8.84. The van der Waals surface area contributed by atoms with Crippen molar-refractivity contribution in [2.75, 3.05) is 6.54 Å². The molecule has 2 fully saturated rings. The predicted octanol–water partition coefficient (Wildman–Crippen LogP) is 1.35. The molecule has 0 aliphatic carbocycles. The first-order valence-corrected chi connectivity index (χ1v) is 10.5. The standard InChI is InChI=1S/C21H33N3O7/c1-20(2,3)30-15(25)11-12-10-14(18(28)23-9-7-8-13(23)16(22)26)24(17(12)27)19(29)31-21(4,5)6/h12-14H,7-11H2,1-6H3,(H2,22,26)/t12-,13-,14-/m0/s1. The molecule has 0 bridgehead atoms. The van der Waals surface area contributed by atoms with Crippen LogP contribution in [-0.2, 0) is 28.7 Å². The van der Waals surface area contributed by atoms with Gasteiger partial charge in [0.15, 0.2) is 0 Å². The lowest BCUT2D eigenvalue weighted by Crippen LogP contribution is -2.53. The SMILES string of the molecule is CC(C)(C)OC(=O)C[C@@H]1C[C@@H](C(=O)N2CCC[C@H]2C(N)=O)N(C(=O)OC(C)(C)C)C1=O. The topological polar surface area (TPSA) is 136 Å². The fourth-order valence-electron chi connectivity index (χ4n) is 3.84. The number of nitrogens with two attached hydrogens (primary N) is 1. The van der Waals surface area contributed by atoms with E-state index >= 15 is 0 Å². The van der Waals surface area contributed by atoms with E-state index in [1.807, 2.05) is 0 Å². The van der Waals surface area contributed by atoms with Gasteiger partial charge in [0.25, 0.3) is 0 Å². The number of likely N-dealkylation sites (tertiary alicyclic amines) is 2. The van der Waals surface area contributed by atoms with Gasteiger partial charge in [0.2, 0.25) is 17.7 Å². The van der Waals surface area contributed by atoms with Gasteiger partial charge in [0.1, 0.15) is 23.3 Å². The van der Waals surface area contributed by atoms with Crippen LogP contribution in [0.1, 0.15) is 67.2 Å². The summed E-state index contributed by atoms with van der Waals surface area (Å²) in [6, 6.07) is -1.96. The average molecular weight is 440 g/mol. The number of rotatable bonds is 4. The third-order valence-corrected chi connectivity index (χ3v) is 4.98. The number of carbonyl (C=O) groups excluding carboxylic acids is 5. The highest BCUT2D eigenvalue weighted by molar-refractivity contribution is 6.03. The lowest BCUT2D eigenvalue weighted by molar-refractivity contribution is -0.157. The molecule has 4 amide bonds. The Morgan fingerprint density at radius 2 is 1.58 bits per heavy atom. The Balaban J connectivity index is 2.28. The molecule has 2 N–H and O–H groups in total. The predicted molar refractivity (Wildman–Crippen MR) is 109 cm³/mol. The molecule has 2 saturated heterocycles. The number of amides is 4. The summed E-state index contributed by atoms with van der Waals surface area (Å²) in [5, 5.41) is 0. The van der Waals surface area contributed by atoms with Gasteiger partial charge in [-0.25, -0.2) is 9.69 Å². The van der Waals surface area contributed by atoms with Crippen molar-refractivity contribution >= 4 is 29.8 Å². The molecule has 0 unspecified atom stereocenters. The van der Waals surface area contributed by atoms with E-state index in [0.717, 1.165) is 4.90 Å². The lowest BCUT2D eigenvalue weighted by atomic mass is 10.0. The number of nitrogens with zero attached hydrogens (tertiary/aromatic N) is 2. The zero-order chi connectivity index (χ0) is 23.7. The second-order valence-corrected chi connectivity index (χ2v) is 10.0. The summed E-state index contributed by atoms with van der Waals surface area (Å²) in [6.45, 7) is 10.3. The Labute approximate surface area is 182 Å². The molecule has 0 aromatic carbocycles. The highest BCUT2D eigenvalue weighted by Gasteiger charge is 2.51. The quantitative estimate of drug-likeness (QED) is 0.653. The van der Waals surface area contributed by atoms with E-state index in [0.29, 0.717) is 19.4 Å². The molecule has 31 heavy (non-hydrogen) atoms. The minimum atomic E-state index is -1.17. The molecule has 174 valence electrons. The highest BCUT2D eigenvalue weighted by Crippen LogP contribution is 2.32. The minimum absolute atomic E-state index is 0.0574. The van der Waals surface area contributed by atoms with E-state index in [4.69, 9.17) is 15.2 Å². The molecule has 10 heteroatoms. The van der Waals surface area contributed by atoms with Crippen LogP contribution in [0, 0.1) is 5.92 Å². The molecule has 10 nitrogen and oxygen atoms in total. The molecular formula is C21H33N3O7. The Kier molecular flexibility index (Phi) is 7.02. The summed E-state index contributed by atoms with van der Waals surface area (Å²) in [4.78, 5) is 65.2. The van der Waals surface area contributed by atoms with Gasteiger partial charge in [0, 0.05) is 6.54 Å². The number of esters is 1. The zero-order valence-corrected chi connectivity index (χ0v) is 19.1. The first-order valence-electron chi connectivity index (χ1n) is 10.5. The first kappa shape index (κ1) is 24.6. The fourth-order valence-corrected chi connectivity index (χ4v) is 3.84. The van der Waals surface area contributed by atoms with Crippen molar-refractivity contribution < 1.29 is 33.4 Å². The number of hydrogen-bond acceptors (Lipinski definition) is 7. The molecule has 2 aliphatic rings. The summed E-state index contributed by atoms with van der Waals surface area (Å²) >= 11 is 0. The number of primary amides is 1. The van der Waals surface area contributed by atoms with E-state index in [1.54, 1.807) is 41.5 Å². The van der Waals surface area contributed by atoms with Crippen molar-refractivity contribution in [1.29, 1.82) is 0 Å². The molecule has 0 radical (unpaired) electrons. The van der Waals surface area contributed by atoms with E-state index in [2.05, 4.69) is 0 Å². The summed E-state index contributed by atoms with van der Waals surface area (Å²) in [5.74, 6) is -3.37. The van der Waals surface area contributed by atoms with Crippen molar-refractivity contribution in [3.05, 3.63) is 0 Å². The van der Waals surface area contributed by atoms with Crippen LogP contribution in [-0.4, -0.2) is 69.4 Å². The smallest absolute Gasteiger partial charge is 0.417 e. The van der Waals surface area contributed by atoms with Gasteiger partial charge in [-0.05, 0) is 60.8 Å². The van der Waals surface area contributed by atoms with Crippen LogP contribution in [0.4, 0.5) is 4.79 Å². The van der Waals surface area contributed by atoms with Gasteiger partial charge in [0.05, 0.1) is 12.3 Å². The van der Waals surface area contributed by atoms with Crippen LogP contribution in [0.5, 0.6) is 0 Å². The maximum Gasteiger partial charge on any atom is 0.417 e. The zero-order valence-electron chi connectivity index (χ0n) is 19.1. The molecule has 0 aromatic heterocycles. The van der Waals surface area contributed by atoms with Crippen LogP contribution in [0.3, 0.4) is 0 Å². The molecule has 3 atom stereocenters. The Bertz CT molecular complexity index is 766. The monoisotopic (exact) mass is 439 g/mol. The number of ether oxygens (including phenoxy) is 2.